The lowest BCUT2D eigenvalue weighted by molar-refractivity contribution is -0.143. The van der Waals surface area contributed by atoms with Crippen LogP contribution >= 0.6 is 0 Å². The van der Waals surface area contributed by atoms with Gasteiger partial charge in [0.25, 0.3) is 0 Å². The molecule has 0 amide bonds. The maximum atomic E-state index is 11.3. The van der Waals surface area contributed by atoms with Crippen molar-refractivity contribution in [3.63, 3.8) is 0 Å². The van der Waals surface area contributed by atoms with Gasteiger partial charge in [-0.05, 0) is 6.42 Å². The van der Waals surface area contributed by atoms with Crippen LogP contribution in [0.3, 0.4) is 0 Å². The Balaban J connectivity index is -0.000000671. The van der Waals surface area contributed by atoms with Gasteiger partial charge in [0, 0.05) is 6.42 Å². The highest BCUT2D eigenvalue weighted by Gasteiger charge is 2.01. The first kappa shape index (κ1) is 39.1. The van der Waals surface area contributed by atoms with Gasteiger partial charge < -0.3 is 19.7 Å². The van der Waals surface area contributed by atoms with Crippen LogP contribution in [-0.2, 0) is 23.9 Å². The molecule has 0 aromatic carbocycles. The molecule has 7 heteroatoms. The smallest absolute Gasteiger partial charge is 0.329 e. The predicted molar refractivity (Wildman–Crippen MR) is 152 cm³/mol. The van der Waals surface area contributed by atoms with E-state index < -0.39 is 11.9 Å². The number of carboxylic acid groups (broad SMARTS) is 2. The highest BCUT2D eigenvalue weighted by molar-refractivity contribution is 5.69. The van der Waals surface area contributed by atoms with Gasteiger partial charge in [-0.3, -0.25) is 9.59 Å². The largest absolute Gasteiger partial charge is 0.481 e. The molecule has 7 nitrogen and oxygen atoms in total. The van der Waals surface area contributed by atoms with Gasteiger partial charge in [-0.25, -0.2) is 4.79 Å². The van der Waals surface area contributed by atoms with Crippen molar-refractivity contribution in [2.24, 2.45) is 0 Å². The Morgan fingerprint density at radius 3 is 1.38 bits per heavy atom. The van der Waals surface area contributed by atoms with Crippen LogP contribution in [0.25, 0.3) is 0 Å². The van der Waals surface area contributed by atoms with Crippen LogP contribution in [0.4, 0.5) is 0 Å². The molecule has 0 bridgehead atoms. The van der Waals surface area contributed by atoms with E-state index in [-0.39, 0.29) is 19.0 Å². The highest BCUT2D eigenvalue weighted by Crippen LogP contribution is 2.13. The van der Waals surface area contributed by atoms with Gasteiger partial charge in [0.05, 0.1) is 13.0 Å². The number of unbranched alkanes of at least 4 members (excludes halogenated alkanes) is 14. The monoisotopic (exact) mass is 526 g/mol. The molecule has 37 heavy (non-hydrogen) atoms. The van der Waals surface area contributed by atoms with Gasteiger partial charge in [0.15, 0.2) is 0 Å². The van der Waals surface area contributed by atoms with E-state index in [4.69, 9.17) is 14.9 Å². The van der Waals surface area contributed by atoms with Crippen molar-refractivity contribution in [2.75, 3.05) is 19.8 Å². The number of carbonyl (C=O) groups excluding carboxylic acids is 1. The number of hydrogen-bond donors (Lipinski definition) is 2. The maximum absolute atomic E-state index is 11.3. The lowest BCUT2D eigenvalue weighted by Crippen LogP contribution is -2.06. The van der Waals surface area contributed by atoms with Crippen molar-refractivity contribution in [3.8, 4) is 0 Å². The molecule has 0 aliphatic rings. The van der Waals surface area contributed by atoms with E-state index in [2.05, 4.69) is 31.4 Å². The molecule has 0 aromatic heterocycles. The first-order valence-electron chi connectivity index (χ1n) is 13.8. The van der Waals surface area contributed by atoms with E-state index in [1.807, 2.05) is 0 Å². The van der Waals surface area contributed by atoms with Gasteiger partial charge in [-0.1, -0.05) is 122 Å². The molecule has 0 spiro atoms. The minimum absolute atomic E-state index is 0.0556. The Hall–Kier alpha value is -2.41. The molecule has 0 radical (unpaired) electrons. The van der Waals surface area contributed by atoms with Crippen molar-refractivity contribution >= 4 is 17.9 Å². The minimum Gasteiger partial charge on any atom is -0.481 e. The Labute approximate surface area is 226 Å². The van der Waals surface area contributed by atoms with Crippen molar-refractivity contribution in [1.29, 1.82) is 0 Å². The van der Waals surface area contributed by atoms with Crippen LogP contribution in [0.2, 0.25) is 0 Å². The first-order valence-corrected chi connectivity index (χ1v) is 13.8. The van der Waals surface area contributed by atoms with Crippen molar-refractivity contribution in [2.45, 2.75) is 116 Å². The van der Waals surface area contributed by atoms with Crippen LogP contribution < -0.4 is 0 Å². The zero-order valence-corrected chi connectivity index (χ0v) is 23.4. The summed E-state index contributed by atoms with van der Waals surface area (Å²) in [6.45, 7) is 12.8. The van der Waals surface area contributed by atoms with Gasteiger partial charge >= 0.3 is 17.9 Å². The molecule has 0 atom stereocenters. The normalized spacial score (nSPS) is 9.65. The molecule has 0 saturated heterocycles. The number of ether oxygens (including phenoxy) is 2. The van der Waals surface area contributed by atoms with E-state index >= 15 is 0 Å². The topological polar surface area (TPSA) is 110 Å². The molecule has 216 valence electrons. The molecular formula is C30H54O7. The molecular weight excluding hydrogens is 472 g/mol. The van der Waals surface area contributed by atoms with Crippen LogP contribution in [0, 0.1) is 0 Å². The summed E-state index contributed by atoms with van der Waals surface area (Å²) >= 11 is 0. The molecule has 0 fully saturated rings. The lowest BCUT2D eigenvalue weighted by atomic mass is 10.0. The fourth-order valence-corrected chi connectivity index (χ4v) is 3.22. The average molecular weight is 527 g/mol. The lowest BCUT2D eigenvalue weighted by Gasteiger charge is -2.04. The van der Waals surface area contributed by atoms with Crippen LogP contribution in [0.15, 0.2) is 38.0 Å². The van der Waals surface area contributed by atoms with Crippen molar-refractivity contribution < 1.29 is 34.1 Å². The third-order valence-electron chi connectivity index (χ3n) is 5.13. The summed E-state index contributed by atoms with van der Waals surface area (Å²) in [5.74, 6) is -1.86. The highest BCUT2D eigenvalue weighted by atomic mass is 16.5. The van der Waals surface area contributed by atoms with Crippen molar-refractivity contribution in [3.05, 3.63) is 38.0 Å². The second-order valence-corrected chi connectivity index (χ2v) is 8.76. The number of rotatable bonds is 24. The number of esters is 1. The summed E-state index contributed by atoms with van der Waals surface area (Å²) in [7, 11) is 0. The quantitative estimate of drug-likeness (QED) is 0.0747. The molecule has 0 aliphatic heterocycles. The summed E-state index contributed by atoms with van der Waals surface area (Å²) in [5, 5.41) is 15.8. The van der Waals surface area contributed by atoms with Gasteiger partial charge in [0.1, 0.15) is 13.2 Å². The van der Waals surface area contributed by atoms with E-state index in [1.54, 1.807) is 6.08 Å². The molecule has 0 unspecified atom stereocenters. The second kappa shape index (κ2) is 35.8. The third kappa shape index (κ3) is 47.4. The summed E-state index contributed by atoms with van der Waals surface area (Å²) in [5.41, 5.74) is 0. The molecule has 2 N–H and O–H groups in total. The summed E-state index contributed by atoms with van der Waals surface area (Å²) in [4.78, 5) is 30.5. The third-order valence-corrected chi connectivity index (χ3v) is 5.13. The zero-order valence-electron chi connectivity index (χ0n) is 23.4. The van der Waals surface area contributed by atoms with Gasteiger partial charge in [0.2, 0.25) is 0 Å². The van der Waals surface area contributed by atoms with Crippen LogP contribution in [0.1, 0.15) is 116 Å². The van der Waals surface area contributed by atoms with Crippen LogP contribution in [0.5, 0.6) is 0 Å². The molecule has 0 saturated carbocycles. The number of aliphatic carboxylic acids is 2. The molecule has 0 aromatic rings. The summed E-state index contributed by atoms with van der Waals surface area (Å²) in [6.07, 6.45) is 25.3. The Kier molecular flexibility index (Phi) is 37.8. The number of hydrogen-bond acceptors (Lipinski definition) is 5. The first-order chi connectivity index (χ1) is 17.8. The predicted octanol–water partition coefficient (Wildman–Crippen LogP) is 7.90. The molecule has 0 heterocycles. The van der Waals surface area contributed by atoms with Gasteiger partial charge in [-0.15, -0.1) is 13.2 Å². The van der Waals surface area contributed by atoms with E-state index in [1.165, 1.54) is 95.6 Å². The Morgan fingerprint density at radius 2 is 1.05 bits per heavy atom. The van der Waals surface area contributed by atoms with Gasteiger partial charge in [-0.2, -0.15) is 0 Å². The van der Waals surface area contributed by atoms with E-state index in [0.29, 0.717) is 19.6 Å². The maximum Gasteiger partial charge on any atom is 0.329 e. The van der Waals surface area contributed by atoms with Crippen LogP contribution in [-0.4, -0.2) is 47.9 Å². The standard InChI is InChI=1S/C21H40O2.C5H8O3.C4H6O2/c1-3-5-6-7-8-9-10-11-12-13-14-15-16-17-18-19-21(22)23-20-4-2;1-2-3-8-4-5(6)7;1-2-3-4(5)6/h4H,2-3,5-20H2,1H3;2H,1,3-4H2,(H,6,7);2H,1,3H2,(H,5,6). The summed E-state index contributed by atoms with van der Waals surface area (Å²) in [6, 6.07) is 0. The molecule has 0 aliphatic carbocycles. The fourth-order valence-electron chi connectivity index (χ4n) is 3.22. The Morgan fingerprint density at radius 1 is 0.622 bits per heavy atom. The van der Waals surface area contributed by atoms with E-state index in [0.717, 1.165) is 12.8 Å². The number of carboxylic acids is 2. The van der Waals surface area contributed by atoms with E-state index in [9.17, 15) is 14.4 Å². The minimum atomic E-state index is -0.952. The van der Waals surface area contributed by atoms with Crippen molar-refractivity contribution in [1.82, 2.24) is 0 Å². The average Bonchev–Trinajstić information content (AvgIpc) is 2.86. The fraction of sp³-hybridized carbons (Fsp3) is 0.700. The number of carbonyl (C=O) groups is 3. The Bertz CT molecular complexity index is 558. The summed E-state index contributed by atoms with van der Waals surface area (Å²) < 4.78 is 9.48. The molecule has 0 rings (SSSR count). The SMILES string of the molecule is C=CCC(=O)O.C=CCOC(=O)CCCCCCCCCCCCCCCCC.C=CCOCC(=O)O. The zero-order chi connectivity index (χ0) is 28.4. The second-order valence-electron chi connectivity index (χ2n) is 8.76.